The molecule has 2 amide bonds. The molecule has 1 spiro atoms. The summed E-state index contributed by atoms with van der Waals surface area (Å²) in [4.78, 5) is 47.4. The molecule has 4 heterocycles. The number of aliphatic hydroxyl groups excluding tert-OH is 1. The zero-order valence-corrected chi connectivity index (χ0v) is 23.3. The number of hydrogen-bond donors (Lipinski definition) is 1. The number of amides is 2. The summed E-state index contributed by atoms with van der Waals surface area (Å²) in [5, 5.41) is 10.1. The fourth-order valence-electron chi connectivity index (χ4n) is 6.65. The Bertz CT molecular complexity index is 1170. The third-order valence-electron chi connectivity index (χ3n) is 8.49. The van der Waals surface area contributed by atoms with Crippen molar-refractivity contribution in [3.63, 3.8) is 0 Å². The van der Waals surface area contributed by atoms with Crippen LogP contribution in [0.3, 0.4) is 0 Å². The van der Waals surface area contributed by atoms with Gasteiger partial charge in [-0.15, -0.1) is 11.8 Å². The molecule has 1 unspecified atom stereocenters. The van der Waals surface area contributed by atoms with Crippen LogP contribution in [-0.4, -0.2) is 82.2 Å². The number of aliphatic hydroxyl groups is 1. The second-order valence-electron chi connectivity index (χ2n) is 10.7. The minimum atomic E-state index is -0.958. The fourth-order valence-corrected chi connectivity index (χ4v) is 8.79. The maximum Gasteiger partial charge on any atom is 0.311 e. The van der Waals surface area contributed by atoms with Crippen LogP contribution in [0.2, 0.25) is 0 Å². The summed E-state index contributed by atoms with van der Waals surface area (Å²) in [7, 11) is 0. The lowest BCUT2D eigenvalue weighted by Gasteiger charge is -2.39. The Morgan fingerprint density at radius 1 is 1.08 bits per heavy atom. The van der Waals surface area contributed by atoms with Gasteiger partial charge in [-0.05, 0) is 58.4 Å². The van der Waals surface area contributed by atoms with Crippen molar-refractivity contribution in [2.75, 3.05) is 42.6 Å². The van der Waals surface area contributed by atoms with Crippen LogP contribution in [0, 0.1) is 11.8 Å². The normalized spacial score (nSPS) is 33.2. The number of ether oxygens (including phenoxy) is 1. The topological polar surface area (TPSA) is 90.4 Å². The first kappa shape index (κ1) is 26.8. The van der Waals surface area contributed by atoms with Gasteiger partial charge >= 0.3 is 5.97 Å². The Labute approximate surface area is 228 Å². The van der Waals surface area contributed by atoms with Crippen molar-refractivity contribution >= 4 is 40.9 Å². The fraction of sp³-hybridized carbons (Fsp3) is 0.552. The quantitative estimate of drug-likeness (QED) is 0.439. The number of nitrogens with zero attached hydrogens (tertiary/aromatic N) is 3. The molecular weight excluding hydrogens is 502 g/mol. The zero-order valence-electron chi connectivity index (χ0n) is 22.5. The molecule has 8 nitrogen and oxygen atoms in total. The lowest BCUT2D eigenvalue weighted by molar-refractivity contribution is -0.154. The number of carbonyl (C=O) groups excluding carboxylic acids is 3. The van der Waals surface area contributed by atoms with Gasteiger partial charge in [-0.2, -0.15) is 0 Å². The highest BCUT2D eigenvalue weighted by Crippen LogP contribution is 2.65. The molecule has 0 saturated carbocycles. The first-order valence-corrected chi connectivity index (χ1v) is 14.4. The van der Waals surface area contributed by atoms with E-state index in [2.05, 4.69) is 18.7 Å². The number of esters is 1. The van der Waals surface area contributed by atoms with Gasteiger partial charge in [-0.1, -0.05) is 24.3 Å². The summed E-state index contributed by atoms with van der Waals surface area (Å²) in [6, 6.07) is 6.49. The van der Waals surface area contributed by atoms with E-state index in [1.54, 1.807) is 11.8 Å². The Morgan fingerprint density at radius 2 is 1.79 bits per heavy atom. The lowest BCUT2D eigenvalue weighted by atomic mass is 9.74. The van der Waals surface area contributed by atoms with E-state index < -0.39 is 39.4 Å². The molecule has 4 aliphatic heterocycles. The number of fused-ring (bicyclic) bond motifs is 2. The first-order valence-electron chi connectivity index (χ1n) is 13.5. The summed E-state index contributed by atoms with van der Waals surface area (Å²) in [5.41, 5.74) is 1.83. The minimum absolute atomic E-state index is 0.204. The lowest BCUT2D eigenvalue weighted by Crippen LogP contribution is -2.56. The molecule has 38 heavy (non-hydrogen) atoms. The van der Waals surface area contributed by atoms with Crippen LogP contribution in [0.1, 0.15) is 34.1 Å². The summed E-state index contributed by atoms with van der Waals surface area (Å²) >= 11 is 1.51. The molecule has 0 aliphatic carbocycles. The molecule has 2 fully saturated rings. The van der Waals surface area contributed by atoms with Crippen molar-refractivity contribution in [2.24, 2.45) is 11.8 Å². The highest BCUT2D eigenvalue weighted by molar-refractivity contribution is 8.02. The van der Waals surface area contributed by atoms with Crippen LogP contribution in [0.15, 0.2) is 48.6 Å². The molecule has 4 aliphatic rings. The number of anilines is 2. The number of rotatable bonds is 6. The molecule has 5 rings (SSSR count). The smallest absolute Gasteiger partial charge is 0.311 e. The van der Waals surface area contributed by atoms with E-state index in [4.69, 9.17) is 4.74 Å². The second-order valence-corrected chi connectivity index (χ2v) is 12.5. The summed E-state index contributed by atoms with van der Waals surface area (Å²) in [6.45, 7) is 10.0. The van der Waals surface area contributed by atoms with Gasteiger partial charge in [0.1, 0.15) is 6.04 Å². The zero-order chi connectivity index (χ0) is 27.2. The van der Waals surface area contributed by atoms with Gasteiger partial charge in [0.15, 0.2) is 0 Å². The molecule has 2 saturated heterocycles. The third kappa shape index (κ3) is 3.97. The Kier molecular flexibility index (Phi) is 7.11. The van der Waals surface area contributed by atoms with Crippen LogP contribution >= 0.6 is 11.8 Å². The van der Waals surface area contributed by atoms with E-state index in [0.717, 1.165) is 24.5 Å². The molecule has 0 bridgehead atoms. The Morgan fingerprint density at radius 3 is 2.45 bits per heavy atom. The van der Waals surface area contributed by atoms with Crippen LogP contribution in [0.4, 0.5) is 11.4 Å². The van der Waals surface area contributed by atoms with Crippen LogP contribution < -0.4 is 9.80 Å². The van der Waals surface area contributed by atoms with Crippen LogP contribution in [-0.2, 0) is 19.1 Å². The summed E-state index contributed by atoms with van der Waals surface area (Å²) in [5.74, 6) is -2.38. The van der Waals surface area contributed by atoms with Gasteiger partial charge in [-0.25, -0.2) is 0 Å². The number of benzene rings is 1. The highest BCUT2D eigenvalue weighted by atomic mass is 32.2. The Hall–Kier alpha value is -2.78. The molecular formula is C29H37N3O5S. The number of thioether (sulfide) groups is 1. The summed E-state index contributed by atoms with van der Waals surface area (Å²) in [6.07, 6.45) is 8.57. The maximum absolute atomic E-state index is 14.5. The standard InChI is InChI=1S/C29H37N3O5S/c1-5-30(6-2)20-10-12-21(13-11-20)31-16-9-15-29-22(25(34)32(19(3)18-33)24(29)26(31)35)23-27(36)37-17-8-7-14-28(23,4)38-29/h7,9-15,19,22-24,33H,5-6,8,16-18H2,1-4H3/t19-,22+,23+,24?,28-,29+/m1/s1. The van der Waals surface area contributed by atoms with Gasteiger partial charge in [0.05, 0.1) is 35.8 Å². The number of likely N-dealkylation sites (tertiary alicyclic amines) is 1. The molecule has 1 aromatic carbocycles. The molecule has 0 aromatic heterocycles. The van der Waals surface area contributed by atoms with Crippen LogP contribution in [0.25, 0.3) is 0 Å². The molecule has 1 N–H and O–H groups in total. The van der Waals surface area contributed by atoms with E-state index >= 15 is 0 Å². The van der Waals surface area contributed by atoms with E-state index in [9.17, 15) is 19.5 Å². The van der Waals surface area contributed by atoms with Crippen molar-refractivity contribution in [1.29, 1.82) is 0 Å². The summed E-state index contributed by atoms with van der Waals surface area (Å²) < 4.78 is 3.91. The van der Waals surface area contributed by atoms with Gasteiger partial charge in [0.25, 0.3) is 5.91 Å². The van der Waals surface area contributed by atoms with Crippen molar-refractivity contribution in [3.05, 3.63) is 48.6 Å². The largest absolute Gasteiger partial charge is 0.465 e. The monoisotopic (exact) mass is 539 g/mol. The van der Waals surface area contributed by atoms with E-state index in [1.807, 2.05) is 55.5 Å². The molecule has 0 radical (unpaired) electrons. The van der Waals surface area contributed by atoms with Crippen molar-refractivity contribution < 1.29 is 24.2 Å². The van der Waals surface area contributed by atoms with Crippen LogP contribution in [0.5, 0.6) is 0 Å². The van der Waals surface area contributed by atoms with E-state index in [-0.39, 0.29) is 25.0 Å². The van der Waals surface area contributed by atoms with Crippen molar-refractivity contribution in [3.8, 4) is 0 Å². The van der Waals surface area contributed by atoms with E-state index in [1.165, 1.54) is 16.7 Å². The predicted octanol–water partition coefficient (Wildman–Crippen LogP) is 3.01. The highest BCUT2D eigenvalue weighted by Gasteiger charge is 2.74. The average Bonchev–Trinajstić information content (AvgIpc) is 3.23. The third-order valence-corrected chi connectivity index (χ3v) is 10.3. The first-order chi connectivity index (χ1) is 18.2. The van der Waals surface area contributed by atoms with Crippen molar-refractivity contribution in [1.82, 2.24) is 4.90 Å². The molecule has 1 aromatic rings. The second kappa shape index (κ2) is 10.1. The maximum atomic E-state index is 14.5. The molecule has 9 heteroatoms. The predicted molar refractivity (Wildman–Crippen MR) is 149 cm³/mol. The van der Waals surface area contributed by atoms with Crippen molar-refractivity contribution in [2.45, 2.75) is 55.7 Å². The molecule has 204 valence electrons. The van der Waals surface area contributed by atoms with Gasteiger partial charge in [-0.3, -0.25) is 14.4 Å². The SMILES string of the molecule is CCN(CC)c1ccc(N2CC=C[C@]34S[C@]5(C)C=CCCOC(=O)[C@@H]5[C@H]3C(=O)N([C@H](C)CO)C4C2=O)cc1. The van der Waals surface area contributed by atoms with Gasteiger partial charge in [0.2, 0.25) is 5.91 Å². The number of hydrogen-bond acceptors (Lipinski definition) is 7. The minimum Gasteiger partial charge on any atom is -0.465 e. The van der Waals surface area contributed by atoms with Gasteiger partial charge < -0.3 is 24.5 Å². The number of cyclic esters (lactones) is 1. The number of carbonyl (C=O) groups is 3. The molecule has 6 atom stereocenters. The average molecular weight is 540 g/mol. The van der Waals surface area contributed by atoms with E-state index in [0.29, 0.717) is 13.0 Å². The Balaban J connectivity index is 1.59. The van der Waals surface area contributed by atoms with Gasteiger partial charge in [0, 0.05) is 35.8 Å².